The first-order chi connectivity index (χ1) is 8.74. The number of carboxylic acids is 1. The molecule has 1 aromatic rings. The molecule has 5 heteroatoms. The lowest BCUT2D eigenvalue weighted by molar-refractivity contribution is -0.122. The van der Waals surface area contributed by atoms with Crippen molar-refractivity contribution < 1.29 is 14.7 Å². The van der Waals surface area contributed by atoms with Crippen LogP contribution in [0.15, 0.2) is 18.3 Å². The summed E-state index contributed by atoms with van der Waals surface area (Å²) in [4.78, 5) is 22.7. The van der Waals surface area contributed by atoms with Crippen LogP contribution < -0.4 is 5.32 Å². The molecule has 0 fully saturated rings. The second kappa shape index (κ2) is 5.91. The van der Waals surface area contributed by atoms with E-state index in [4.69, 9.17) is 5.11 Å². The van der Waals surface area contributed by atoms with Crippen molar-refractivity contribution in [2.24, 2.45) is 11.3 Å². The summed E-state index contributed by atoms with van der Waals surface area (Å²) in [6.45, 7) is 9.02. The molecule has 0 saturated heterocycles. The maximum Gasteiger partial charge on any atom is 0.352 e. The van der Waals surface area contributed by atoms with E-state index in [-0.39, 0.29) is 23.6 Å². The van der Waals surface area contributed by atoms with Gasteiger partial charge in [-0.1, -0.05) is 27.7 Å². The van der Waals surface area contributed by atoms with Gasteiger partial charge < -0.3 is 15.0 Å². The number of hydrogen-bond acceptors (Lipinski definition) is 2. The van der Waals surface area contributed by atoms with Crippen LogP contribution in [-0.2, 0) is 11.3 Å². The molecule has 0 spiro atoms. The van der Waals surface area contributed by atoms with Crippen molar-refractivity contribution in [2.45, 2.75) is 34.2 Å². The topological polar surface area (TPSA) is 71.3 Å². The Hall–Kier alpha value is -1.78. The second-order valence-corrected chi connectivity index (χ2v) is 5.75. The maximum atomic E-state index is 11.8. The minimum atomic E-state index is -1.03. The Balaban J connectivity index is 2.57. The number of carbonyl (C=O) groups excluding carboxylic acids is 1. The summed E-state index contributed by atoms with van der Waals surface area (Å²) in [7, 11) is 0. The average Bonchev–Trinajstić information content (AvgIpc) is 2.74. The van der Waals surface area contributed by atoms with E-state index in [1.165, 1.54) is 10.6 Å². The van der Waals surface area contributed by atoms with Crippen LogP contribution >= 0.6 is 0 Å². The molecule has 0 bridgehead atoms. The summed E-state index contributed by atoms with van der Waals surface area (Å²) in [5, 5.41) is 11.8. The number of hydrogen-bond donors (Lipinski definition) is 2. The van der Waals surface area contributed by atoms with E-state index in [1.807, 2.05) is 0 Å². The smallest absolute Gasteiger partial charge is 0.352 e. The fourth-order valence-corrected chi connectivity index (χ4v) is 1.49. The quantitative estimate of drug-likeness (QED) is 0.827. The Bertz CT molecular complexity index is 461. The molecule has 1 aromatic heterocycles. The van der Waals surface area contributed by atoms with Crippen molar-refractivity contribution in [3.63, 3.8) is 0 Å². The van der Waals surface area contributed by atoms with Gasteiger partial charge in [-0.25, -0.2) is 4.79 Å². The zero-order valence-electron chi connectivity index (χ0n) is 11.9. The first-order valence-corrected chi connectivity index (χ1v) is 6.39. The van der Waals surface area contributed by atoms with Gasteiger partial charge in [-0.2, -0.15) is 0 Å². The number of carbonyl (C=O) groups is 2. The van der Waals surface area contributed by atoms with Gasteiger partial charge in [-0.05, 0) is 23.5 Å². The third-order valence-corrected chi connectivity index (χ3v) is 3.67. The molecule has 0 saturated carbocycles. The molecule has 1 heterocycles. The summed E-state index contributed by atoms with van der Waals surface area (Å²) in [6, 6.07) is 3.10. The molecule has 2 N–H and O–H groups in total. The summed E-state index contributed by atoms with van der Waals surface area (Å²) in [5.74, 6) is -0.748. The van der Waals surface area contributed by atoms with Crippen LogP contribution in [0.25, 0.3) is 0 Å². The number of carboxylic acid groups (broad SMARTS) is 1. The lowest BCUT2D eigenvalue weighted by atomic mass is 9.81. The van der Waals surface area contributed by atoms with Gasteiger partial charge in [0.1, 0.15) is 12.2 Å². The Morgan fingerprint density at radius 1 is 1.42 bits per heavy atom. The predicted octanol–water partition coefficient (Wildman–Crippen LogP) is 1.98. The molecule has 0 aliphatic rings. The lowest BCUT2D eigenvalue weighted by Crippen LogP contribution is -2.38. The van der Waals surface area contributed by atoms with E-state index in [1.54, 1.807) is 12.3 Å². The lowest BCUT2D eigenvalue weighted by Gasteiger charge is -2.29. The van der Waals surface area contributed by atoms with E-state index >= 15 is 0 Å². The molecule has 0 radical (unpaired) electrons. The third-order valence-electron chi connectivity index (χ3n) is 3.67. The molecule has 106 valence electrons. The van der Waals surface area contributed by atoms with Crippen molar-refractivity contribution in [1.82, 2.24) is 9.88 Å². The highest BCUT2D eigenvalue weighted by Gasteiger charge is 2.23. The first kappa shape index (κ1) is 15.3. The number of amides is 1. The molecule has 1 rings (SSSR count). The zero-order chi connectivity index (χ0) is 14.6. The fraction of sp³-hybridized carbons (Fsp3) is 0.571. The summed E-state index contributed by atoms with van der Waals surface area (Å²) < 4.78 is 1.43. The van der Waals surface area contributed by atoms with E-state index in [0.717, 1.165) is 0 Å². The van der Waals surface area contributed by atoms with Crippen molar-refractivity contribution in [2.75, 3.05) is 6.54 Å². The van der Waals surface area contributed by atoms with E-state index in [2.05, 4.69) is 33.0 Å². The predicted molar refractivity (Wildman–Crippen MR) is 73.0 cm³/mol. The SMILES string of the molecule is CC(C)C(C)(C)CNC(=O)Cn1cccc1C(=O)O. The van der Waals surface area contributed by atoms with Gasteiger partial charge in [-0.3, -0.25) is 4.79 Å². The number of nitrogens with one attached hydrogen (secondary N) is 1. The highest BCUT2D eigenvalue weighted by Crippen LogP contribution is 2.24. The standard InChI is InChI=1S/C14H22N2O3/c1-10(2)14(3,4)9-15-12(17)8-16-7-5-6-11(16)13(18)19/h5-7,10H,8-9H2,1-4H3,(H,15,17)(H,18,19). The van der Waals surface area contributed by atoms with Gasteiger partial charge in [0.05, 0.1) is 0 Å². The Morgan fingerprint density at radius 3 is 2.58 bits per heavy atom. The maximum absolute atomic E-state index is 11.8. The molecule has 0 atom stereocenters. The van der Waals surface area contributed by atoms with Crippen LogP contribution in [0.2, 0.25) is 0 Å². The van der Waals surface area contributed by atoms with Crippen molar-refractivity contribution in [3.05, 3.63) is 24.0 Å². The number of nitrogens with zero attached hydrogens (tertiary/aromatic N) is 1. The number of rotatable bonds is 6. The molecule has 1 amide bonds. The number of aromatic carboxylic acids is 1. The normalized spacial score (nSPS) is 11.6. The van der Waals surface area contributed by atoms with Gasteiger partial charge in [0.2, 0.25) is 5.91 Å². The van der Waals surface area contributed by atoms with Gasteiger partial charge in [0.15, 0.2) is 0 Å². The van der Waals surface area contributed by atoms with Gasteiger partial charge in [-0.15, -0.1) is 0 Å². The monoisotopic (exact) mass is 266 g/mol. The molecule has 0 aromatic carbocycles. The second-order valence-electron chi connectivity index (χ2n) is 5.75. The molecule has 0 aliphatic heterocycles. The summed E-state index contributed by atoms with van der Waals surface area (Å²) in [6.07, 6.45) is 1.59. The van der Waals surface area contributed by atoms with Crippen LogP contribution in [0.3, 0.4) is 0 Å². The summed E-state index contributed by atoms with van der Waals surface area (Å²) >= 11 is 0. The van der Waals surface area contributed by atoms with Crippen molar-refractivity contribution in [1.29, 1.82) is 0 Å². The van der Waals surface area contributed by atoms with Crippen LogP contribution in [-0.4, -0.2) is 28.1 Å². The minimum absolute atomic E-state index is 0.0158. The van der Waals surface area contributed by atoms with E-state index < -0.39 is 5.97 Å². The molecule has 0 aliphatic carbocycles. The Kier molecular flexibility index (Phi) is 4.75. The molecule has 0 unspecified atom stereocenters. The molecule has 5 nitrogen and oxygen atoms in total. The Labute approximate surface area is 113 Å². The number of aromatic nitrogens is 1. The molecular formula is C14H22N2O3. The average molecular weight is 266 g/mol. The van der Waals surface area contributed by atoms with Gasteiger partial charge >= 0.3 is 5.97 Å². The van der Waals surface area contributed by atoms with Crippen LogP contribution in [0.4, 0.5) is 0 Å². The van der Waals surface area contributed by atoms with Crippen molar-refractivity contribution in [3.8, 4) is 0 Å². The van der Waals surface area contributed by atoms with Crippen molar-refractivity contribution >= 4 is 11.9 Å². The zero-order valence-corrected chi connectivity index (χ0v) is 11.9. The largest absolute Gasteiger partial charge is 0.477 e. The minimum Gasteiger partial charge on any atom is -0.477 e. The Morgan fingerprint density at radius 2 is 2.05 bits per heavy atom. The van der Waals surface area contributed by atoms with Crippen LogP contribution in [0.5, 0.6) is 0 Å². The van der Waals surface area contributed by atoms with E-state index in [0.29, 0.717) is 12.5 Å². The van der Waals surface area contributed by atoms with E-state index in [9.17, 15) is 9.59 Å². The first-order valence-electron chi connectivity index (χ1n) is 6.39. The van der Waals surface area contributed by atoms with Gasteiger partial charge in [0.25, 0.3) is 0 Å². The fourth-order valence-electron chi connectivity index (χ4n) is 1.49. The van der Waals surface area contributed by atoms with Crippen LogP contribution in [0, 0.1) is 11.3 Å². The van der Waals surface area contributed by atoms with Crippen LogP contribution in [0.1, 0.15) is 38.2 Å². The highest BCUT2D eigenvalue weighted by molar-refractivity contribution is 5.86. The molecular weight excluding hydrogens is 244 g/mol. The summed E-state index contributed by atoms with van der Waals surface area (Å²) in [5.41, 5.74) is 0.139. The van der Waals surface area contributed by atoms with Gasteiger partial charge in [0, 0.05) is 12.7 Å². The highest BCUT2D eigenvalue weighted by atomic mass is 16.4. The molecule has 19 heavy (non-hydrogen) atoms. The third kappa shape index (κ3) is 4.12.